The molecule has 3 rings (SSSR count). The number of aryl methyl sites for hydroxylation is 1. The Labute approximate surface area is 114 Å². The lowest BCUT2D eigenvalue weighted by Crippen LogP contribution is -2.30. The van der Waals surface area contributed by atoms with Gasteiger partial charge in [-0.05, 0) is 30.5 Å². The summed E-state index contributed by atoms with van der Waals surface area (Å²) < 4.78 is 5.50. The lowest BCUT2D eigenvalue weighted by Gasteiger charge is -2.28. The first-order valence-corrected chi connectivity index (χ1v) is 6.75. The minimum Gasteiger partial charge on any atom is -0.496 e. The molecule has 0 spiro atoms. The van der Waals surface area contributed by atoms with Gasteiger partial charge in [-0.3, -0.25) is 0 Å². The van der Waals surface area contributed by atoms with Crippen molar-refractivity contribution in [2.24, 2.45) is 0 Å². The molecule has 0 saturated heterocycles. The van der Waals surface area contributed by atoms with Crippen molar-refractivity contribution in [2.45, 2.75) is 19.4 Å². The number of para-hydroxylation sites is 1. The first-order chi connectivity index (χ1) is 9.29. The van der Waals surface area contributed by atoms with Gasteiger partial charge in [-0.2, -0.15) is 0 Å². The Hall–Kier alpha value is -1.80. The molecule has 1 unspecified atom stereocenters. The number of rotatable bonds is 2. The SMILES string of the molecule is COc1ccccc1C1NCCc2ccc(C)cc21. The van der Waals surface area contributed by atoms with Crippen LogP contribution in [0.3, 0.4) is 0 Å². The van der Waals surface area contributed by atoms with Crippen molar-refractivity contribution in [1.82, 2.24) is 5.32 Å². The van der Waals surface area contributed by atoms with E-state index in [1.54, 1.807) is 7.11 Å². The number of benzene rings is 2. The van der Waals surface area contributed by atoms with Crippen LogP contribution in [0.4, 0.5) is 0 Å². The van der Waals surface area contributed by atoms with Crippen LogP contribution in [0.25, 0.3) is 0 Å². The Morgan fingerprint density at radius 2 is 1.95 bits per heavy atom. The molecule has 1 N–H and O–H groups in total. The molecule has 98 valence electrons. The van der Waals surface area contributed by atoms with Crippen molar-refractivity contribution in [3.63, 3.8) is 0 Å². The van der Waals surface area contributed by atoms with E-state index in [1.807, 2.05) is 12.1 Å². The van der Waals surface area contributed by atoms with Crippen LogP contribution < -0.4 is 10.1 Å². The summed E-state index contributed by atoms with van der Waals surface area (Å²) in [6.07, 6.45) is 1.10. The normalized spacial score (nSPS) is 17.9. The van der Waals surface area contributed by atoms with E-state index in [1.165, 1.54) is 22.3 Å². The second-order valence-electron chi connectivity index (χ2n) is 5.08. The van der Waals surface area contributed by atoms with Crippen molar-refractivity contribution in [3.8, 4) is 5.75 Å². The lowest BCUT2D eigenvalue weighted by molar-refractivity contribution is 0.402. The molecular weight excluding hydrogens is 234 g/mol. The predicted octanol–water partition coefficient (Wildman–Crippen LogP) is 3.24. The van der Waals surface area contributed by atoms with Crippen LogP contribution >= 0.6 is 0 Å². The summed E-state index contributed by atoms with van der Waals surface area (Å²) >= 11 is 0. The van der Waals surface area contributed by atoms with Gasteiger partial charge in [0.05, 0.1) is 13.2 Å². The molecule has 19 heavy (non-hydrogen) atoms. The average Bonchev–Trinajstić information content (AvgIpc) is 2.46. The minimum atomic E-state index is 0.236. The lowest BCUT2D eigenvalue weighted by atomic mass is 9.88. The molecular formula is C17H19NO. The Bertz CT molecular complexity index is 592. The smallest absolute Gasteiger partial charge is 0.123 e. The van der Waals surface area contributed by atoms with Gasteiger partial charge in [0.1, 0.15) is 5.75 Å². The summed E-state index contributed by atoms with van der Waals surface area (Å²) in [6.45, 7) is 3.16. The molecule has 1 aliphatic rings. The molecule has 2 aromatic rings. The zero-order chi connectivity index (χ0) is 13.2. The monoisotopic (exact) mass is 253 g/mol. The van der Waals surface area contributed by atoms with Crippen LogP contribution in [0, 0.1) is 6.92 Å². The molecule has 0 amide bonds. The molecule has 0 radical (unpaired) electrons. The van der Waals surface area contributed by atoms with Crippen LogP contribution in [0.5, 0.6) is 5.75 Å². The van der Waals surface area contributed by atoms with Crippen molar-refractivity contribution in [2.75, 3.05) is 13.7 Å². The molecule has 1 aliphatic heterocycles. The predicted molar refractivity (Wildman–Crippen MR) is 77.7 cm³/mol. The van der Waals surface area contributed by atoms with E-state index in [4.69, 9.17) is 4.74 Å². The van der Waals surface area contributed by atoms with Gasteiger partial charge in [0.2, 0.25) is 0 Å². The fourth-order valence-corrected chi connectivity index (χ4v) is 2.85. The molecule has 2 aromatic carbocycles. The number of nitrogens with one attached hydrogen (secondary N) is 1. The van der Waals surface area contributed by atoms with E-state index >= 15 is 0 Å². The standard InChI is InChI=1S/C17H19NO/c1-12-7-8-13-9-10-18-17(15(13)11-12)14-5-3-4-6-16(14)19-2/h3-8,11,17-18H,9-10H2,1-2H3. The Kier molecular flexibility index (Phi) is 3.26. The van der Waals surface area contributed by atoms with Crippen molar-refractivity contribution >= 4 is 0 Å². The van der Waals surface area contributed by atoms with Crippen LogP contribution in [0.2, 0.25) is 0 Å². The van der Waals surface area contributed by atoms with Gasteiger partial charge in [-0.25, -0.2) is 0 Å². The number of methoxy groups -OCH3 is 1. The number of hydrogen-bond donors (Lipinski definition) is 1. The van der Waals surface area contributed by atoms with Crippen molar-refractivity contribution in [1.29, 1.82) is 0 Å². The van der Waals surface area contributed by atoms with E-state index in [9.17, 15) is 0 Å². The Morgan fingerprint density at radius 1 is 1.11 bits per heavy atom. The van der Waals surface area contributed by atoms with Gasteiger partial charge in [0.25, 0.3) is 0 Å². The zero-order valence-electron chi connectivity index (χ0n) is 11.4. The summed E-state index contributed by atoms with van der Waals surface area (Å²) in [5.74, 6) is 0.953. The maximum Gasteiger partial charge on any atom is 0.123 e. The van der Waals surface area contributed by atoms with Crippen molar-refractivity contribution in [3.05, 3.63) is 64.7 Å². The van der Waals surface area contributed by atoms with Gasteiger partial charge >= 0.3 is 0 Å². The molecule has 0 aromatic heterocycles. The second kappa shape index (κ2) is 5.06. The van der Waals surface area contributed by atoms with E-state index in [0.29, 0.717) is 0 Å². The maximum atomic E-state index is 5.50. The summed E-state index contributed by atoms with van der Waals surface area (Å²) in [5.41, 5.74) is 5.36. The molecule has 0 saturated carbocycles. The van der Waals surface area contributed by atoms with Crippen molar-refractivity contribution < 1.29 is 4.74 Å². The summed E-state index contributed by atoms with van der Waals surface area (Å²) in [6, 6.07) is 15.2. The molecule has 0 fully saturated rings. The number of hydrogen-bond acceptors (Lipinski definition) is 2. The third-order valence-electron chi connectivity index (χ3n) is 3.81. The van der Waals surface area contributed by atoms with E-state index in [2.05, 4.69) is 42.6 Å². The molecule has 2 heteroatoms. The zero-order valence-corrected chi connectivity index (χ0v) is 11.4. The second-order valence-corrected chi connectivity index (χ2v) is 5.08. The van der Waals surface area contributed by atoms with Gasteiger partial charge in [0.15, 0.2) is 0 Å². The van der Waals surface area contributed by atoms with Gasteiger partial charge in [0, 0.05) is 12.1 Å². The molecule has 0 aliphatic carbocycles. The Morgan fingerprint density at radius 3 is 2.79 bits per heavy atom. The highest BCUT2D eigenvalue weighted by molar-refractivity contribution is 5.46. The fourth-order valence-electron chi connectivity index (χ4n) is 2.85. The third-order valence-corrected chi connectivity index (χ3v) is 3.81. The van der Waals surface area contributed by atoms with Gasteiger partial charge in [-0.15, -0.1) is 0 Å². The molecule has 0 bridgehead atoms. The maximum absolute atomic E-state index is 5.50. The number of ether oxygens (including phenoxy) is 1. The van der Waals surface area contributed by atoms with E-state index in [0.717, 1.165) is 18.7 Å². The molecule has 1 atom stereocenters. The minimum absolute atomic E-state index is 0.236. The summed E-state index contributed by atoms with van der Waals surface area (Å²) in [7, 11) is 1.73. The Balaban J connectivity index is 2.10. The van der Waals surface area contributed by atoms with Gasteiger partial charge in [-0.1, -0.05) is 42.0 Å². The first kappa shape index (κ1) is 12.2. The van der Waals surface area contributed by atoms with Crippen LogP contribution in [-0.4, -0.2) is 13.7 Å². The summed E-state index contributed by atoms with van der Waals surface area (Å²) in [5, 5.41) is 3.61. The highest BCUT2D eigenvalue weighted by Crippen LogP contribution is 2.34. The topological polar surface area (TPSA) is 21.3 Å². The van der Waals surface area contributed by atoms with Crippen LogP contribution in [0.1, 0.15) is 28.3 Å². The van der Waals surface area contributed by atoms with Gasteiger partial charge < -0.3 is 10.1 Å². The molecule has 2 nitrogen and oxygen atoms in total. The highest BCUT2D eigenvalue weighted by atomic mass is 16.5. The van der Waals surface area contributed by atoms with E-state index < -0.39 is 0 Å². The first-order valence-electron chi connectivity index (χ1n) is 6.75. The molecule has 1 heterocycles. The van der Waals surface area contributed by atoms with Crippen LogP contribution in [-0.2, 0) is 6.42 Å². The third kappa shape index (κ3) is 2.24. The average molecular weight is 253 g/mol. The highest BCUT2D eigenvalue weighted by Gasteiger charge is 2.23. The fraction of sp³-hybridized carbons (Fsp3) is 0.294. The summed E-state index contributed by atoms with van der Waals surface area (Å²) in [4.78, 5) is 0. The largest absolute Gasteiger partial charge is 0.496 e. The van der Waals surface area contributed by atoms with Crippen LogP contribution in [0.15, 0.2) is 42.5 Å². The van der Waals surface area contributed by atoms with E-state index in [-0.39, 0.29) is 6.04 Å². The number of fused-ring (bicyclic) bond motifs is 1. The quantitative estimate of drug-likeness (QED) is 0.887.